The molecule has 0 bridgehead atoms. The van der Waals surface area contributed by atoms with E-state index in [4.69, 9.17) is 0 Å². The van der Waals surface area contributed by atoms with E-state index in [1.165, 1.54) is 0 Å². The number of rotatable bonds is 4. The van der Waals surface area contributed by atoms with E-state index in [0.717, 1.165) is 18.1 Å². The average molecular weight is 205 g/mol. The topological polar surface area (TPSA) is 58.5 Å². The van der Waals surface area contributed by atoms with Crippen molar-refractivity contribution in [2.45, 2.75) is 19.5 Å². The fourth-order valence-corrected chi connectivity index (χ4v) is 1.42. The number of aromatic nitrogens is 4. The summed E-state index contributed by atoms with van der Waals surface area (Å²) in [5, 5.41) is 3.37. The van der Waals surface area contributed by atoms with Gasteiger partial charge in [0.1, 0.15) is 5.82 Å². The summed E-state index contributed by atoms with van der Waals surface area (Å²) in [6.45, 7) is 2.87. The van der Waals surface area contributed by atoms with Gasteiger partial charge in [0.15, 0.2) is 0 Å². The Labute approximate surface area is 88.6 Å². The van der Waals surface area contributed by atoms with E-state index in [1.807, 2.05) is 24.0 Å². The number of hydrogen-bond acceptors (Lipinski definition) is 3. The van der Waals surface area contributed by atoms with Gasteiger partial charge >= 0.3 is 0 Å². The molecule has 15 heavy (non-hydrogen) atoms. The number of nitrogens with one attached hydrogen (secondary N) is 2. The fourth-order valence-electron chi connectivity index (χ4n) is 1.42. The van der Waals surface area contributed by atoms with E-state index in [9.17, 15) is 0 Å². The highest BCUT2D eigenvalue weighted by molar-refractivity contribution is 4.99. The zero-order valence-electron chi connectivity index (χ0n) is 8.94. The van der Waals surface area contributed by atoms with Crippen LogP contribution in [0.4, 0.5) is 0 Å². The molecule has 0 amide bonds. The predicted octanol–water partition coefficient (Wildman–Crippen LogP) is 0.994. The van der Waals surface area contributed by atoms with Crippen molar-refractivity contribution in [3.8, 4) is 0 Å². The first-order chi connectivity index (χ1) is 7.27. The summed E-state index contributed by atoms with van der Waals surface area (Å²) in [6.07, 6.45) is 7.26. The normalized spacial score (nSPS) is 12.9. The largest absolute Gasteiger partial charge is 0.347 e. The van der Waals surface area contributed by atoms with E-state index < -0.39 is 0 Å². The van der Waals surface area contributed by atoms with Crippen LogP contribution in [0.3, 0.4) is 0 Å². The van der Waals surface area contributed by atoms with E-state index in [0.29, 0.717) is 0 Å². The zero-order chi connectivity index (χ0) is 10.7. The van der Waals surface area contributed by atoms with Crippen LogP contribution in [-0.2, 0) is 13.6 Å². The van der Waals surface area contributed by atoms with Gasteiger partial charge in [0.25, 0.3) is 0 Å². The van der Waals surface area contributed by atoms with E-state index >= 15 is 0 Å². The molecule has 0 aliphatic rings. The van der Waals surface area contributed by atoms with Crippen molar-refractivity contribution in [1.29, 1.82) is 0 Å². The summed E-state index contributed by atoms with van der Waals surface area (Å²) in [5.41, 5.74) is 1.16. The number of nitrogens with zero attached hydrogens (tertiary/aromatic N) is 3. The number of imidazole rings is 2. The number of H-pyrrole nitrogens is 1. The zero-order valence-corrected chi connectivity index (χ0v) is 8.94. The van der Waals surface area contributed by atoms with Crippen LogP contribution in [-0.4, -0.2) is 19.5 Å². The van der Waals surface area contributed by atoms with Crippen molar-refractivity contribution in [3.63, 3.8) is 0 Å². The Balaban J connectivity index is 1.91. The predicted molar refractivity (Wildman–Crippen MR) is 57.1 cm³/mol. The van der Waals surface area contributed by atoms with Crippen LogP contribution < -0.4 is 5.32 Å². The van der Waals surface area contributed by atoms with Crippen molar-refractivity contribution in [2.24, 2.45) is 7.05 Å². The minimum Gasteiger partial charge on any atom is -0.347 e. The van der Waals surface area contributed by atoms with E-state index in [1.54, 1.807) is 12.5 Å². The Hall–Kier alpha value is -1.62. The van der Waals surface area contributed by atoms with Gasteiger partial charge in [0.05, 0.1) is 18.1 Å². The molecule has 2 rings (SSSR count). The molecule has 5 heteroatoms. The SMILES string of the molecule is CC(NCc1cncn1C)c1ncc[nH]1. The molecule has 0 spiro atoms. The van der Waals surface area contributed by atoms with Gasteiger partial charge in [-0.2, -0.15) is 0 Å². The van der Waals surface area contributed by atoms with Crippen molar-refractivity contribution >= 4 is 0 Å². The van der Waals surface area contributed by atoms with Crippen LogP contribution in [0, 0.1) is 0 Å². The minimum atomic E-state index is 0.218. The van der Waals surface area contributed by atoms with Crippen molar-refractivity contribution in [2.75, 3.05) is 0 Å². The maximum Gasteiger partial charge on any atom is 0.122 e. The van der Waals surface area contributed by atoms with Crippen LogP contribution in [0.25, 0.3) is 0 Å². The standard InChI is InChI=1S/C10H15N5/c1-8(10-12-3-4-13-10)14-6-9-5-11-7-15(9)2/h3-5,7-8,14H,6H2,1-2H3,(H,12,13). The smallest absolute Gasteiger partial charge is 0.122 e. The maximum absolute atomic E-state index is 4.20. The second-order valence-corrected chi connectivity index (χ2v) is 3.57. The summed E-state index contributed by atoms with van der Waals surface area (Å²) in [6, 6.07) is 0.218. The molecule has 2 aromatic rings. The van der Waals surface area contributed by atoms with Crippen molar-refractivity contribution in [1.82, 2.24) is 24.8 Å². The van der Waals surface area contributed by atoms with Gasteiger partial charge in [0.2, 0.25) is 0 Å². The summed E-state index contributed by atoms with van der Waals surface area (Å²) >= 11 is 0. The summed E-state index contributed by atoms with van der Waals surface area (Å²) in [4.78, 5) is 11.3. The molecule has 2 heterocycles. The van der Waals surface area contributed by atoms with Gasteiger partial charge in [-0.25, -0.2) is 9.97 Å². The van der Waals surface area contributed by atoms with Gasteiger partial charge in [-0.05, 0) is 6.92 Å². The van der Waals surface area contributed by atoms with Gasteiger partial charge in [-0.1, -0.05) is 0 Å². The molecule has 0 saturated heterocycles. The first-order valence-corrected chi connectivity index (χ1v) is 4.95. The molecular weight excluding hydrogens is 190 g/mol. The molecule has 0 aliphatic carbocycles. The average Bonchev–Trinajstić information content (AvgIpc) is 2.85. The van der Waals surface area contributed by atoms with Crippen LogP contribution in [0.15, 0.2) is 24.9 Å². The first-order valence-electron chi connectivity index (χ1n) is 4.95. The molecule has 5 nitrogen and oxygen atoms in total. The quantitative estimate of drug-likeness (QED) is 0.782. The number of aromatic amines is 1. The Morgan fingerprint density at radius 1 is 1.60 bits per heavy atom. The highest BCUT2D eigenvalue weighted by Gasteiger charge is 2.07. The summed E-state index contributed by atoms with van der Waals surface area (Å²) < 4.78 is 2.00. The van der Waals surface area contributed by atoms with Gasteiger partial charge in [-0.15, -0.1) is 0 Å². The third-order valence-electron chi connectivity index (χ3n) is 2.44. The molecular formula is C10H15N5. The highest BCUT2D eigenvalue weighted by atomic mass is 15.1. The lowest BCUT2D eigenvalue weighted by Crippen LogP contribution is -2.20. The number of aryl methyl sites for hydroxylation is 1. The molecule has 0 radical (unpaired) electrons. The van der Waals surface area contributed by atoms with Gasteiger partial charge < -0.3 is 14.9 Å². The third kappa shape index (κ3) is 2.24. The van der Waals surface area contributed by atoms with Crippen LogP contribution >= 0.6 is 0 Å². The Morgan fingerprint density at radius 2 is 2.47 bits per heavy atom. The van der Waals surface area contributed by atoms with Crippen molar-refractivity contribution in [3.05, 3.63) is 36.4 Å². The monoisotopic (exact) mass is 205 g/mol. The molecule has 1 atom stereocenters. The third-order valence-corrected chi connectivity index (χ3v) is 2.44. The first kappa shape index (κ1) is 9.92. The fraction of sp³-hybridized carbons (Fsp3) is 0.400. The van der Waals surface area contributed by atoms with Crippen LogP contribution in [0.1, 0.15) is 24.5 Å². The lowest BCUT2D eigenvalue weighted by molar-refractivity contribution is 0.537. The summed E-state index contributed by atoms with van der Waals surface area (Å²) in [7, 11) is 1.99. The Morgan fingerprint density at radius 3 is 3.07 bits per heavy atom. The molecule has 2 aromatic heterocycles. The van der Waals surface area contributed by atoms with Gasteiger partial charge in [-0.3, -0.25) is 0 Å². The van der Waals surface area contributed by atoms with E-state index in [-0.39, 0.29) is 6.04 Å². The van der Waals surface area contributed by atoms with Crippen LogP contribution in [0.5, 0.6) is 0 Å². The summed E-state index contributed by atoms with van der Waals surface area (Å²) in [5.74, 6) is 0.956. The second-order valence-electron chi connectivity index (χ2n) is 3.57. The highest BCUT2D eigenvalue weighted by Crippen LogP contribution is 2.06. The molecule has 0 aromatic carbocycles. The lowest BCUT2D eigenvalue weighted by Gasteiger charge is -2.11. The maximum atomic E-state index is 4.20. The molecule has 0 saturated carbocycles. The molecule has 2 N–H and O–H groups in total. The molecule has 0 aliphatic heterocycles. The van der Waals surface area contributed by atoms with E-state index in [2.05, 4.69) is 27.2 Å². The lowest BCUT2D eigenvalue weighted by atomic mass is 10.3. The second kappa shape index (κ2) is 4.27. The molecule has 0 fully saturated rings. The minimum absolute atomic E-state index is 0.218. The molecule has 80 valence electrons. The molecule has 1 unspecified atom stereocenters. The van der Waals surface area contributed by atoms with Crippen LogP contribution in [0.2, 0.25) is 0 Å². The van der Waals surface area contributed by atoms with Crippen molar-refractivity contribution < 1.29 is 0 Å². The Bertz CT molecular complexity index is 403. The Kier molecular flexibility index (Phi) is 2.82. The van der Waals surface area contributed by atoms with Gasteiger partial charge in [0, 0.05) is 32.2 Å². The number of hydrogen-bond donors (Lipinski definition) is 2.